The van der Waals surface area contributed by atoms with Crippen LogP contribution in [0, 0.1) is 0 Å². The Morgan fingerprint density at radius 1 is 1.39 bits per heavy atom. The summed E-state index contributed by atoms with van der Waals surface area (Å²) in [6, 6.07) is 8.87. The third-order valence-electron chi connectivity index (χ3n) is 2.84. The molecule has 2 aromatic heterocycles. The van der Waals surface area contributed by atoms with Gasteiger partial charge in [-0.2, -0.15) is 0 Å². The van der Waals surface area contributed by atoms with Crippen LogP contribution >= 0.6 is 35.5 Å². The van der Waals surface area contributed by atoms with E-state index in [0.717, 1.165) is 20.3 Å². The van der Waals surface area contributed by atoms with Crippen molar-refractivity contribution in [2.24, 2.45) is 0 Å². The molecule has 0 fully saturated rings. The fourth-order valence-electron chi connectivity index (χ4n) is 1.90. The van der Waals surface area contributed by atoms with Gasteiger partial charge in [0.1, 0.15) is 10.8 Å². The molecule has 1 N–H and O–H groups in total. The molecule has 0 saturated heterocycles. The molecule has 0 unspecified atom stereocenters. The smallest absolute Gasteiger partial charge is 0.338 e. The number of hydrogen-bond acceptors (Lipinski definition) is 6. The quantitative estimate of drug-likeness (QED) is 0.721. The van der Waals surface area contributed by atoms with Gasteiger partial charge in [0.15, 0.2) is 4.34 Å². The van der Waals surface area contributed by atoms with E-state index in [-0.39, 0.29) is 18.0 Å². The lowest BCUT2D eigenvalue weighted by atomic mass is 10.3. The second-order valence-corrected chi connectivity index (χ2v) is 6.57. The monoisotopic (exact) mass is 368 g/mol. The predicted molar refractivity (Wildman–Crippen MR) is 93.4 cm³/mol. The van der Waals surface area contributed by atoms with Gasteiger partial charge in [-0.15, -0.1) is 23.7 Å². The number of pyridine rings is 1. The van der Waals surface area contributed by atoms with Crippen molar-refractivity contribution >= 4 is 51.7 Å². The highest BCUT2D eigenvalue weighted by molar-refractivity contribution is 8.01. The van der Waals surface area contributed by atoms with Gasteiger partial charge in [-0.3, -0.25) is 0 Å². The molecule has 0 amide bonds. The Balaban J connectivity index is 0.00000192. The van der Waals surface area contributed by atoms with E-state index < -0.39 is 5.97 Å². The van der Waals surface area contributed by atoms with Crippen LogP contribution < -0.4 is 4.74 Å². The minimum absolute atomic E-state index is 0. The SMILES string of the molecule is CCOc1ccc2nc(Sc3ncccc3C(=O)O)sc2c1.Cl. The summed E-state index contributed by atoms with van der Waals surface area (Å²) in [6.07, 6.45) is 1.58. The Morgan fingerprint density at radius 3 is 2.96 bits per heavy atom. The van der Waals surface area contributed by atoms with Crippen LogP contribution in [-0.4, -0.2) is 27.7 Å². The first-order valence-corrected chi connectivity index (χ1v) is 8.20. The first-order chi connectivity index (χ1) is 10.7. The highest BCUT2D eigenvalue weighted by Gasteiger charge is 2.14. The molecule has 5 nitrogen and oxygen atoms in total. The Hall–Kier alpha value is -1.83. The van der Waals surface area contributed by atoms with Crippen LogP contribution in [0.4, 0.5) is 0 Å². The number of carboxylic acids is 1. The highest BCUT2D eigenvalue weighted by Crippen LogP contribution is 2.36. The maximum Gasteiger partial charge on any atom is 0.338 e. The van der Waals surface area contributed by atoms with E-state index >= 15 is 0 Å². The summed E-state index contributed by atoms with van der Waals surface area (Å²) < 4.78 is 7.23. The number of aromatic nitrogens is 2. The number of rotatable bonds is 5. The van der Waals surface area contributed by atoms with Crippen LogP contribution in [-0.2, 0) is 0 Å². The maximum absolute atomic E-state index is 11.2. The Kier molecular flexibility index (Phi) is 5.81. The summed E-state index contributed by atoms with van der Waals surface area (Å²) in [4.78, 5) is 19.9. The average molecular weight is 369 g/mol. The van der Waals surface area contributed by atoms with Gasteiger partial charge in [-0.05, 0) is 49.0 Å². The number of halogens is 1. The molecule has 3 rings (SSSR count). The number of aromatic carboxylic acids is 1. The van der Waals surface area contributed by atoms with Crippen LogP contribution in [0.2, 0.25) is 0 Å². The number of carbonyl (C=O) groups is 1. The van der Waals surface area contributed by atoms with Gasteiger partial charge in [0.05, 0.1) is 22.4 Å². The highest BCUT2D eigenvalue weighted by atomic mass is 35.5. The van der Waals surface area contributed by atoms with E-state index in [1.807, 2.05) is 25.1 Å². The molecular weight excluding hydrogens is 356 g/mol. The molecule has 0 radical (unpaired) electrons. The number of ether oxygens (including phenoxy) is 1. The first-order valence-electron chi connectivity index (χ1n) is 6.57. The first kappa shape index (κ1) is 17.5. The van der Waals surface area contributed by atoms with Crippen LogP contribution in [0.15, 0.2) is 45.9 Å². The Labute approximate surface area is 147 Å². The topological polar surface area (TPSA) is 72.3 Å². The molecule has 0 aliphatic heterocycles. The van der Waals surface area contributed by atoms with Crippen molar-refractivity contribution in [2.75, 3.05) is 6.61 Å². The summed E-state index contributed by atoms with van der Waals surface area (Å²) in [5.41, 5.74) is 1.05. The average Bonchev–Trinajstić information content (AvgIpc) is 2.89. The zero-order valence-electron chi connectivity index (χ0n) is 12.1. The molecule has 8 heteroatoms. The second kappa shape index (κ2) is 7.63. The number of thiazole rings is 1. The molecule has 0 bridgehead atoms. The molecule has 0 aliphatic carbocycles. The van der Waals surface area contributed by atoms with Crippen LogP contribution in [0.3, 0.4) is 0 Å². The largest absolute Gasteiger partial charge is 0.494 e. The maximum atomic E-state index is 11.2. The van der Waals surface area contributed by atoms with Gasteiger partial charge >= 0.3 is 5.97 Å². The van der Waals surface area contributed by atoms with E-state index in [1.165, 1.54) is 29.2 Å². The molecule has 0 saturated carbocycles. The number of fused-ring (bicyclic) bond motifs is 1. The zero-order valence-corrected chi connectivity index (χ0v) is 14.5. The Bertz CT molecular complexity index is 838. The summed E-state index contributed by atoms with van der Waals surface area (Å²) in [7, 11) is 0. The lowest BCUT2D eigenvalue weighted by molar-refractivity contribution is 0.0692. The van der Waals surface area contributed by atoms with E-state index in [0.29, 0.717) is 11.6 Å². The van der Waals surface area contributed by atoms with Crippen molar-refractivity contribution in [2.45, 2.75) is 16.3 Å². The van der Waals surface area contributed by atoms with E-state index in [1.54, 1.807) is 12.3 Å². The standard InChI is InChI=1S/C15H12N2O3S2.ClH/c1-2-20-9-5-6-11-12(8-9)21-15(17-11)22-13-10(14(18)19)4-3-7-16-13;/h3-8H,2H2,1H3,(H,18,19);1H. The van der Waals surface area contributed by atoms with Gasteiger partial charge in [-0.1, -0.05) is 0 Å². The van der Waals surface area contributed by atoms with Crippen molar-refractivity contribution < 1.29 is 14.6 Å². The summed E-state index contributed by atoms with van der Waals surface area (Å²) in [5, 5.41) is 9.64. The third kappa shape index (κ3) is 3.93. The minimum atomic E-state index is -0.990. The predicted octanol–water partition coefficient (Wildman–Crippen LogP) is 4.36. The van der Waals surface area contributed by atoms with Crippen LogP contribution in [0.5, 0.6) is 5.75 Å². The molecule has 0 atom stereocenters. The van der Waals surface area contributed by atoms with E-state index in [9.17, 15) is 9.90 Å². The van der Waals surface area contributed by atoms with Crippen LogP contribution in [0.25, 0.3) is 10.2 Å². The number of carboxylic acid groups (broad SMARTS) is 1. The molecular formula is C15H13ClN2O3S2. The lowest BCUT2D eigenvalue weighted by Gasteiger charge is -2.00. The number of benzene rings is 1. The zero-order chi connectivity index (χ0) is 15.5. The van der Waals surface area contributed by atoms with Crippen molar-refractivity contribution in [3.63, 3.8) is 0 Å². The third-order valence-corrected chi connectivity index (χ3v) is 4.93. The fraction of sp³-hybridized carbons (Fsp3) is 0.133. The molecule has 2 heterocycles. The van der Waals surface area contributed by atoms with Gasteiger partial charge in [0, 0.05) is 6.20 Å². The Morgan fingerprint density at radius 2 is 2.22 bits per heavy atom. The number of hydrogen-bond donors (Lipinski definition) is 1. The molecule has 23 heavy (non-hydrogen) atoms. The minimum Gasteiger partial charge on any atom is -0.494 e. The molecule has 3 aromatic rings. The molecule has 120 valence electrons. The summed E-state index contributed by atoms with van der Waals surface area (Å²) in [5.74, 6) is -0.186. The normalized spacial score (nSPS) is 10.3. The number of nitrogens with zero attached hydrogens (tertiary/aromatic N) is 2. The second-order valence-electron chi connectivity index (χ2n) is 4.31. The molecule has 0 spiro atoms. The summed E-state index contributed by atoms with van der Waals surface area (Å²) >= 11 is 2.75. The molecule has 1 aromatic carbocycles. The van der Waals surface area contributed by atoms with E-state index in [2.05, 4.69) is 9.97 Å². The van der Waals surface area contributed by atoms with Gasteiger partial charge < -0.3 is 9.84 Å². The van der Waals surface area contributed by atoms with Crippen molar-refractivity contribution in [1.82, 2.24) is 9.97 Å². The summed E-state index contributed by atoms with van der Waals surface area (Å²) in [6.45, 7) is 2.55. The fourth-order valence-corrected chi connectivity index (χ4v) is 3.99. The van der Waals surface area contributed by atoms with Crippen molar-refractivity contribution in [3.05, 3.63) is 42.1 Å². The van der Waals surface area contributed by atoms with Crippen molar-refractivity contribution in [1.29, 1.82) is 0 Å². The van der Waals surface area contributed by atoms with Crippen molar-refractivity contribution in [3.8, 4) is 5.75 Å². The van der Waals surface area contributed by atoms with E-state index in [4.69, 9.17) is 4.74 Å². The van der Waals surface area contributed by atoms with Crippen LogP contribution in [0.1, 0.15) is 17.3 Å². The lowest BCUT2D eigenvalue weighted by Crippen LogP contribution is -1.99. The van der Waals surface area contributed by atoms with Gasteiger partial charge in [-0.25, -0.2) is 14.8 Å². The van der Waals surface area contributed by atoms with Gasteiger partial charge in [0.25, 0.3) is 0 Å². The van der Waals surface area contributed by atoms with Gasteiger partial charge in [0.2, 0.25) is 0 Å². The molecule has 0 aliphatic rings.